The summed E-state index contributed by atoms with van der Waals surface area (Å²) < 4.78 is 0. The van der Waals surface area contributed by atoms with Crippen LogP contribution in [0.25, 0.3) is 0 Å². The van der Waals surface area contributed by atoms with Gasteiger partial charge < -0.3 is 10.7 Å². The van der Waals surface area contributed by atoms with Crippen LogP contribution in [0.1, 0.15) is 23.2 Å². The second-order valence-corrected chi connectivity index (χ2v) is 4.89. The lowest BCUT2D eigenvalue weighted by Gasteiger charge is -2.34. The summed E-state index contributed by atoms with van der Waals surface area (Å²) in [5.74, 6) is 0. The van der Waals surface area contributed by atoms with Crippen LogP contribution in [0.3, 0.4) is 0 Å². The van der Waals surface area contributed by atoms with Gasteiger partial charge >= 0.3 is 5.69 Å². The van der Waals surface area contributed by atoms with E-state index in [1.807, 2.05) is 18.2 Å². The highest BCUT2D eigenvalue weighted by Gasteiger charge is 2.32. The van der Waals surface area contributed by atoms with Gasteiger partial charge in [-0.25, -0.2) is 9.78 Å². The highest BCUT2D eigenvalue weighted by Crippen LogP contribution is 2.32. The molecule has 2 aromatic rings. The average molecular weight is 241 g/mol. The molecule has 0 saturated heterocycles. The standard InChI is InChI=1S/C14H15N3O/c15-14(11-4-2-1-3-5-11)7-6-12-10(8-14)9-16-13(18)17-12/h1-5,9H,6-8,15H2,(H,16,17,18). The second kappa shape index (κ2) is 4.07. The largest absolute Gasteiger partial charge is 0.345 e. The quantitative estimate of drug-likeness (QED) is 0.785. The Hall–Kier alpha value is -1.94. The molecular formula is C14H15N3O. The van der Waals surface area contributed by atoms with Crippen molar-refractivity contribution in [2.45, 2.75) is 24.8 Å². The third kappa shape index (κ3) is 1.84. The Bertz CT molecular complexity index is 620. The predicted octanol–water partition coefficient (Wildman–Crippen LogP) is 1.11. The van der Waals surface area contributed by atoms with Crippen molar-refractivity contribution in [3.8, 4) is 0 Å². The first-order chi connectivity index (χ1) is 8.67. The van der Waals surface area contributed by atoms with Gasteiger partial charge in [0.15, 0.2) is 0 Å². The van der Waals surface area contributed by atoms with Gasteiger partial charge in [-0.15, -0.1) is 0 Å². The van der Waals surface area contributed by atoms with Gasteiger partial charge in [-0.05, 0) is 30.4 Å². The normalized spacial score (nSPS) is 22.5. The zero-order valence-electron chi connectivity index (χ0n) is 10.0. The molecule has 1 heterocycles. The lowest BCUT2D eigenvalue weighted by molar-refractivity contribution is 0.379. The molecule has 0 fully saturated rings. The van der Waals surface area contributed by atoms with Crippen LogP contribution in [0.2, 0.25) is 0 Å². The number of aryl methyl sites for hydroxylation is 1. The van der Waals surface area contributed by atoms with Crippen molar-refractivity contribution in [1.82, 2.24) is 9.97 Å². The Labute approximate surface area is 105 Å². The number of aromatic nitrogens is 2. The molecule has 92 valence electrons. The minimum absolute atomic E-state index is 0.280. The molecule has 1 unspecified atom stereocenters. The molecule has 3 rings (SSSR count). The molecule has 0 aliphatic heterocycles. The van der Waals surface area contributed by atoms with Crippen LogP contribution in [0, 0.1) is 0 Å². The Morgan fingerprint density at radius 1 is 1.28 bits per heavy atom. The van der Waals surface area contributed by atoms with Crippen molar-refractivity contribution in [1.29, 1.82) is 0 Å². The van der Waals surface area contributed by atoms with Gasteiger partial charge in [0.25, 0.3) is 0 Å². The highest BCUT2D eigenvalue weighted by atomic mass is 16.1. The van der Waals surface area contributed by atoms with Crippen LogP contribution in [-0.4, -0.2) is 9.97 Å². The van der Waals surface area contributed by atoms with E-state index in [0.29, 0.717) is 0 Å². The van der Waals surface area contributed by atoms with Crippen LogP contribution in [0.4, 0.5) is 0 Å². The Morgan fingerprint density at radius 3 is 2.83 bits per heavy atom. The Balaban J connectivity index is 2.00. The van der Waals surface area contributed by atoms with Gasteiger partial charge in [0.2, 0.25) is 0 Å². The maximum absolute atomic E-state index is 11.2. The molecule has 0 saturated carbocycles. The van der Waals surface area contributed by atoms with E-state index < -0.39 is 0 Å². The molecule has 0 spiro atoms. The molecule has 0 amide bonds. The Kier molecular flexibility index (Phi) is 2.52. The van der Waals surface area contributed by atoms with Gasteiger partial charge in [0.1, 0.15) is 0 Å². The zero-order valence-corrected chi connectivity index (χ0v) is 10.0. The average Bonchev–Trinajstić information content (AvgIpc) is 2.40. The predicted molar refractivity (Wildman–Crippen MR) is 69.2 cm³/mol. The third-order valence-corrected chi connectivity index (χ3v) is 3.66. The van der Waals surface area contributed by atoms with Crippen LogP contribution in [0.5, 0.6) is 0 Å². The number of hydrogen-bond acceptors (Lipinski definition) is 3. The molecule has 18 heavy (non-hydrogen) atoms. The Morgan fingerprint density at radius 2 is 2.06 bits per heavy atom. The lowest BCUT2D eigenvalue weighted by atomic mass is 9.76. The van der Waals surface area contributed by atoms with Crippen molar-refractivity contribution in [2.24, 2.45) is 5.73 Å². The summed E-state index contributed by atoms with van der Waals surface area (Å²) in [6.07, 6.45) is 4.00. The number of hydrogen-bond donors (Lipinski definition) is 2. The SMILES string of the molecule is NC1(c2ccccc2)CCc2[nH]c(=O)ncc2C1. The van der Waals surface area contributed by atoms with E-state index in [9.17, 15) is 4.79 Å². The van der Waals surface area contributed by atoms with E-state index in [2.05, 4.69) is 22.1 Å². The molecule has 1 atom stereocenters. The van der Waals surface area contributed by atoms with Crippen molar-refractivity contribution in [3.05, 3.63) is 63.8 Å². The monoisotopic (exact) mass is 241 g/mol. The van der Waals surface area contributed by atoms with E-state index >= 15 is 0 Å². The summed E-state index contributed by atoms with van der Waals surface area (Å²) in [7, 11) is 0. The minimum Gasteiger partial charge on any atom is -0.321 e. The summed E-state index contributed by atoms with van der Waals surface area (Å²) >= 11 is 0. The van der Waals surface area contributed by atoms with Crippen LogP contribution >= 0.6 is 0 Å². The van der Waals surface area contributed by atoms with Gasteiger partial charge in [-0.1, -0.05) is 30.3 Å². The number of nitrogens with two attached hydrogens (primary N) is 1. The van der Waals surface area contributed by atoms with Crippen LogP contribution in [-0.2, 0) is 18.4 Å². The number of benzene rings is 1. The molecule has 4 nitrogen and oxygen atoms in total. The second-order valence-electron chi connectivity index (χ2n) is 4.89. The van der Waals surface area contributed by atoms with E-state index in [0.717, 1.165) is 36.1 Å². The summed E-state index contributed by atoms with van der Waals surface area (Å²) in [5.41, 5.74) is 9.05. The van der Waals surface area contributed by atoms with Crippen molar-refractivity contribution in [3.63, 3.8) is 0 Å². The first-order valence-electron chi connectivity index (χ1n) is 6.09. The van der Waals surface area contributed by atoms with Crippen molar-refractivity contribution < 1.29 is 0 Å². The smallest absolute Gasteiger partial charge is 0.321 e. The fraction of sp³-hybridized carbons (Fsp3) is 0.286. The molecule has 0 radical (unpaired) electrons. The maximum Gasteiger partial charge on any atom is 0.345 e. The number of nitrogens with one attached hydrogen (secondary N) is 1. The summed E-state index contributed by atoms with van der Waals surface area (Å²) in [5, 5.41) is 0. The van der Waals surface area contributed by atoms with Gasteiger partial charge in [-0.2, -0.15) is 0 Å². The van der Waals surface area contributed by atoms with E-state index in [4.69, 9.17) is 5.73 Å². The summed E-state index contributed by atoms with van der Waals surface area (Å²) in [6.45, 7) is 0. The number of nitrogens with zero attached hydrogens (tertiary/aromatic N) is 1. The van der Waals surface area contributed by atoms with E-state index in [1.165, 1.54) is 0 Å². The number of rotatable bonds is 1. The van der Waals surface area contributed by atoms with Gasteiger partial charge in [-0.3, -0.25) is 0 Å². The van der Waals surface area contributed by atoms with Crippen LogP contribution in [0.15, 0.2) is 41.3 Å². The molecule has 0 bridgehead atoms. The topological polar surface area (TPSA) is 71.8 Å². The van der Waals surface area contributed by atoms with Gasteiger partial charge in [0.05, 0.1) is 0 Å². The summed E-state index contributed by atoms with van der Waals surface area (Å²) in [4.78, 5) is 17.8. The zero-order chi connectivity index (χ0) is 12.6. The highest BCUT2D eigenvalue weighted by molar-refractivity contribution is 5.32. The molecule has 1 aliphatic carbocycles. The molecule has 4 heteroatoms. The number of fused-ring (bicyclic) bond motifs is 1. The molecule has 1 aliphatic rings. The molecular weight excluding hydrogens is 226 g/mol. The van der Waals surface area contributed by atoms with Gasteiger partial charge in [0, 0.05) is 17.4 Å². The number of H-pyrrole nitrogens is 1. The number of aromatic amines is 1. The lowest BCUT2D eigenvalue weighted by Crippen LogP contribution is -2.43. The van der Waals surface area contributed by atoms with E-state index in [-0.39, 0.29) is 11.2 Å². The van der Waals surface area contributed by atoms with E-state index in [1.54, 1.807) is 6.20 Å². The fourth-order valence-corrected chi connectivity index (χ4v) is 2.62. The third-order valence-electron chi connectivity index (χ3n) is 3.66. The molecule has 1 aromatic carbocycles. The van der Waals surface area contributed by atoms with Crippen LogP contribution < -0.4 is 11.4 Å². The molecule has 1 aromatic heterocycles. The maximum atomic E-state index is 11.2. The molecule has 3 N–H and O–H groups in total. The van der Waals surface area contributed by atoms with Crippen molar-refractivity contribution in [2.75, 3.05) is 0 Å². The van der Waals surface area contributed by atoms with Crippen molar-refractivity contribution >= 4 is 0 Å². The fourth-order valence-electron chi connectivity index (χ4n) is 2.62. The first kappa shape index (κ1) is 11.2. The summed E-state index contributed by atoms with van der Waals surface area (Å²) in [6, 6.07) is 10.1. The minimum atomic E-state index is -0.353. The first-order valence-corrected chi connectivity index (χ1v) is 6.09.